The van der Waals surface area contributed by atoms with Crippen LogP contribution in [0.5, 0.6) is 0 Å². The van der Waals surface area contributed by atoms with Crippen LogP contribution in [0, 0.1) is 0 Å². The van der Waals surface area contributed by atoms with Gasteiger partial charge < -0.3 is 0 Å². The molecule has 42 heavy (non-hydrogen) atoms. The van der Waals surface area contributed by atoms with Crippen LogP contribution in [0.25, 0.3) is 78.1 Å². The summed E-state index contributed by atoms with van der Waals surface area (Å²) in [5.74, 6) is 1.80. The van der Waals surface area contributed by atoms with Crippen molar-refractivity contribution in [3.8, 4) is 28.7 Å². The molecule has 0 spiro atoms. The van der Waals surface area contributed by atoms with Crippen molar-refractivity contribution in [1.82, 2.24) is 28.9 Å². The Kier molecular flexibility index (Phi) is 4.80. The van der Waals surface area contributed by atoms with Crippen molar-refractivity contribution in [2.75, 3.05) is 0 Å². The molecule has 0 aliphatic carbocycles. The molecule has 0 fully saturated rings. The van der Waals surface area contributed by atoms with Gasteiger partial charge in [-0.15, -0.1) is 0 Å². The van der Waals surface area contributed by atoms with Crippen molar-refractivity contribution in [1.29, 1.82) is 0 Å². The predicted molar refractivity (Wildman–Crippen MR) is 169 cm³/mol. The third-order valence-electron chi connectivity index (χ3n) is 7.95. The van der Waals surface area contributed by atoms with E-state index in [4.69, 9.17) is 19.9 Å². The molecule has 0 radical (unpaired) electrons. The molecule has 0 amide bonds. The second kappa shape index (κ2) is 8.81. The van der Waals surface area contributed by atoms with E-state index in [1.54, 1.807) is 0 Å². The molecule has 0 saturated heterocycles. The van der Waals surface area contributed by atoms with Crippen LogP contribution in [0.15, 0.2) is 133 Å². The summed E-state index contributed by atoms with van der Waals surface area (Å²) in [6, 6.07) is 45.5. The molecule has 4 heterocycles. The van der Waals surface area contributed by atoms with E-state index in [9.17, 15) is 0 Å². The van der Waals surface area contributed by atoms with Crippen molar-refractivity contribution in [3.05, 3.63) is 133 Å². The zero-order valence-electron chi connectivity index (χ0n) is 22.4. The van der Waals surface area contributed by atoms with E-state index in [0.717, 1.165) is 60.5 Å². The Morgan fingerprint density at radius 3 is 1.67 bits per heavy atom. The Bertz CT molecular complexity index is 2400. The summed E-state index contributed by atoms with van der Waals surface area (Å²) in [6.07, 6.45) is 0. The van der Waals surface area contributed by atoms with Crippen molar-refractivity contribution in [2.45, 2.75) is 0 Å². The van der Waals surface area contributed by atoms with E-state index in [1.165, 1.54) is 0 Å². The fourth-order valence-corrected chi connectivity index (χ4v) is 6.12. The zero-order valence-corrected chi connectivity index (χ0v) is 22.4. The highest BCUT2D eigenvalue weighted by molar-refractivity contribution is 6.23. The van der Waals surface area contributed by atoms with Gasteiger partial charge in [-0.2, -0.15) is 9.97 Å². The zero-order chi connectivity index (χ0) is 27.6. The SMILES string of the molecule is c1ccc(-c2nc(-c3ccccc3)nc(-n3c4ccccc4c4c5ccccc5c5nc6ccccc6n5c43)n2)cc1. The lowest BCUT2D eigenvalue weighted by atomic mass is 10.1. The fourth-order valence-electron chi connectivity index (χ4n) is 6.12. The summed E-state index contributed by atoms with van der Waals surface area (Å²) in [5, 5.41) is 4.52. The molecule has 4 aromatic heterocycles. The summed E-state index contributed by atoms with van der Waals surface area (Å²) in [7, 11) is 0. The summed E-state index contributed by atoms with van der Waals surface area (Å²) < 4.78 is 4.44. The number of nitrogens with zero attached hydrogens (tertiary/aromatic N) is 6. The number of rotatable bonds is 3. The lowest BCUT2D eigenvalue weighted by molar-refractivity contribution is 0.940. The lowest BCUT2D eigenvalue weighted by Gasteiger charge is -2.12. The molecule has 0 unspecified atom stereocenters. The molecule has 5 aromatic carbocycles. The average Bonchev–Trinajstić information content (AvgIpc) is 3.62. The molecule has 196 valence electrons. The van der Waals surface area contributed by atoms with Gasteiger partial charge >= 0.3 is 0 Å². The van der Waals surface area contributed by atoms with Gasteiger partial charge in [0.05, 0.1) is 16.6 Å². The first-order valence-corrected chi connectivity index (χ1v) is 13.9. The van der Waals surface area contributed by atoms with Gasteiger partial charge in [-0.1, -0.05) is 115 Å². The maximum Gasteiger partial charge on any atom is 0.239 e. The minimum atomic E-state index is 0.559. The average molecular weight is 539 g/mol. The van der Waals surface area contributed by atoms with E-state index in [1.807, 2.05) is 66.7 Å². The van der Waals surface area contributed by atoms with Crippen LogP contribution < -0.4 is 0 Å². The van der Waals surface area contributed by atoms with Crippen LogP contribution in [0.4, 0.5) is 0 Å². The van der Waals surface area contributed by atoms with E-state index >= 15 is 0 Å². The summed E-state index contributed by atoms with van der Waals surface area (Å²) in [5.41, 5.74) is 6.75. The maximum absolute atomic E-state index is 5.13. The number of para-hydroxylation sites is 3. The smallest absolute Gasteiger partial charge is 0.239 e. The molecule has 6 nitrogen and oxygen atoms in total. The van der Waals surface area contributed by atoms with Gasteiger partial charge in [-0.3, -0.25) is 8.97 Å². The largest absolute Gasteiger partial charge is 0.277 e. The van der Waals surface area contributed by atoms with Gasteiger partial charge in [0.25, 0.3) is 0 Å². The number of hydrogen-bond acceptors (Lipinski definition) is 4. The Balaban J connectivity index is 1.51. The Morgan fingerprint density at radius 1 is 0.429 bits per heavy atom. The first-order chi connectivity index (χ1) is 20.8. The molecule has 0 atom stereocenters. The van der Waals surface area contributed by atoms with Crippen molar-refractivity contribution in [3.63, 3.8) is 0 Å². The molecule has 0 aliphatic heterocycles. The quantitative estimate of drug-likeness (QED) is 0.227. The highest BCUT2D eigenvalue weighted by atomic mass is 15.2. The highest BCUT2D eigenvalue weighted by Gasteiger charge is 2.23. The normalized spacial score (nSPS) is 11.8. The first kappa shape index (κ1) is 22.9. The third kappa shape index (κ3) is 3.26. The van der Waals surface area contributed by atoms with Crippen LogP contribution in [-0.2, 0) is 0 Å². The van der Waals surface area contributed by atoms with Gasteiger partial charge in [0.1, 0.15) is 11.3 Å². The van der Waals surface area contributed by atoms with Crippen LogP contribution in [0.2, 0.25) is 0 Å². The van der Waals surface area contributed by atoms with Crippen molar-refractivity contribution >= 4 is 49.4 Å². The van der Waals surface area contributed by atoms with Gasteiger partial charge in [-0.05, 0) is 23.6 Å². The molecule has 0 N–H and O–H groups in total. The minimum absolute atomic E-state index is 0.559. The molecule has 0 aliphatic rings. The number of benzene rings is 5. The van der Waals surface area contributed by atoms with Crippen LogP contribution in [0.1, 0.15) is 0 Å². The van der Waals surface area contributed by atoms with Crippen LogP contribution >= 0.6 is 0 Å². The van der Waals surface area contributed by atoms with Crippen LogP contribution in [0.3, 0.4) is 0 Å². The van der Waals surface area contributed by atoms with Crippen molar-refractivity contribution in [2.24, 2.45) is 0 Å². The second-order valence-corrected chi connectivity index (χ2v) is 10.4. The number of pyridine rings is 1. The molecule has 9 rings (SSSR count). The fraction of sp³-hybridized carbons (Fsp3) is 0. The van der Waals surface area contributed by atoms with Crippen molar-refractivity contribution < 1.29 is 0 Å². The van der Waals surface area contributed by atoms with Gasteiger partial charge in [0.2, 0.25) is 5.95 Å². The molecule has 0 saturated carbocycles. The monoisotopic (exact) mass is 538 g/mol. The second-order valence-electron chi connectivity index (χ2n) is 10.4. The van der Waals surface area contributed by atoms with E-state index in [2.05, 4.69) is 75.7 Å². The topological polar surface area (TPSA) is 60.9 Å². The molecular formula is C36H22N6. The highest BCUT2D eigenvalue weighted by Crippen LogP contribution is 2.39. The predicted octanol–water partition coefficient (Wildman–Crippen LogP) is 8.26. The Labute approximate surface area is 240 Å². The summed E-state index contributed by atoms with van der Waals surface area (Å²) in [6.45, 7) is 0. The molecule has 9 aromatic rings. The van der Waals surface area contributed by atoms with E-state index in [0.29, 0.717) is 17.6 Å². The maximum atomic E-state index is 5.13. The summed E-state index contributed by atoms with van der Waals surface area (Å²) >= 11 is 0. The molecule has 6 heteroatoms. The lowest BCUT2D eigenvalue weighted by Crippen LogP contribution is -2.08. The summed E-state index contributed by atoms with van der Waals surface area (Å²) in [4.78, 5) is 20.3. The van der Waals surface area contributed by atoms with Crippen LogP contribution in [-0.4, -0.2) is 28.9 Å². The molecular weight excluding hydrogens is 516 g/mol. The van der Waals surface area contributed by atoms with E-state index in [-0.39, 0.29) is 0 Å². The number of aromatic nitrogens is 6. The van der Waals surface area contributed by atoms with Gasteiger partial charge in [0.15, 0.2) is 11.6 Å². The molecule has 0 bridgehead atoms. The third-order valence-corrected chi connectivity index (χ3v) is 7.95. The van der Waals surface area contributed by atoms with Gasteiger partial charge in [-0.25, -0.2) is 9.97 Å². The number of fused-ring (bicyclic) bond motifs is 10. The minimum Gasteiger partial charge on any atom is -0.277 e. The number of hydrogen-bond donors (Lipinski definition) is 0. The van der Waals surface area contributed by atoms with E-state index < -0.39 is 0 Å². The standard InChI is InChI=1S/C36H22N6/c1-3-13-23(14-4-1)32-38-33(24-15-5-2-6-16-24)40-36(39-32)42-29-21-11-9-19-27(29)31-25-17-7-8-18-26(25)34-37-28-20-10-12-22-30(28)41(34)35(31)42/h1-22H. The van der Waals surface area contributed by atoms with Gasteiger partial charge in [0, 0.05) is 27.3 Å². The Morgan fingerprint density at radius 2 is 0.976 bits per heavy atom. The number of imidazole rings is 1. The first-order valence-electron chi connectivity index (χ1n) is 13.9. The Hall–Kier alpha value is -5.88.